The Hall–Kier alpha value is -2.41. The lowest BCUT2D eigenvalue weighted by Crippen LogP contribution is -2.03. The third-order valence-corrected chi connectivity index (χ3v) is 1.96. The zero-order chi connectivity index (χ0) is 13.5. The minimum atomic E-state index is -1.17. The van der Waals surface area contributed by atoms with Crippen LogP contribution in [-0.2, 0) is 4.79 Å². The maximum atomic E-state index is 10.6. The highest BCUT2D eigenvalue weighted by atomic mass is 16.6. The van der Waals surface area contributed by atoms with Crippen molar-refractivity contribution in [2.75, 3.05) is 13.2 Å². The van der Waals surface area contributed by atoms with Crippen LogP contribution in [-0.4, -0.2) is 34.3 Å². The van der Waals surface area contributed by atoms with Crippen molar-refractivity contribution in [3.8, 4) is 5.75 Å². The topological polar surface area (TPSA) is 110 Å². The van der Waals surface area contributed by atoms with Crippen molar-refractivity contribution in [3.63, 3.8) is 0 Å². The van der Waals surface area contributed by atoms with E-state index in [0.29, 0.717) is 0 Å². The highest BCUT2D eigenvalue weighted by molar-refractivity contribution is 5.86. The standard InChI is InChI=1S/C11H11NO6/c13-5-6-18-10-3-2-9(12(16)17)7-8(10)1-4-11(14)15/h1-4,7,13H,5-6H2,(H,14,15). The maximum absolute atomic E-state index is 10.6. The Bertz CT molecular complexity index is 482. The van der Waals surface area contributed by atoms with Gasteiger partial charge in [0.2, 0.25) is 0 Å². The van der Waals surface area contributed by atoms with E-state index >= 15 is 0 Å². The minimum absolute atomic E-state index is 0.0196. The van der Waals surface area contributed by atoms with Crippen molar-refractivity contribution in [1.82, 2.24) is 0 Å². The minimum Gasteiger partial charge on any atom is -0.491 e. The zero-order valence-corrected chi connectivity index (χ0v) is 9.28. The van der Waals surface area contributed by atoms with Crippen molar-refractivity contribution in [2.24, 2.45) is 0 Å². The number of nitrogens with zero attached hydrogens (tertiary/aromatic N) is 1. The first-order valence-electron chi connectivity index (χ1n) is 4.97. The molecule has 0 aliphatic rings. The summed E-state index contributed by atoms with van der Waals surface area (Å²) in [5.74, 6) is -0.901. The summed E-state index contributed by atoms with van der Waals surface area (Å²) >= 11 is 0. The zero-order valence-electron chi connectivity index (χ0n) is 9.28. The molecule has 1 aromatic rings. The number of non-ortho nitro benzene ring substituents is 1. The molecule has 0 spiro atoms. The molecule has 7 heteroatoms. The molecule has 1 aromatic carbocycles. The largest absolute Gasteiger partial charge is 0.491 e. The number of carboxylic acid groups (broad SMARTS) is 1. The van der Waals surface area contributed by atoms with Gasteiger partial charge < -0.3 is 14.9 Å². The molecular formula is C11H11NO6. The van der Waals surface area contributed by atoms with Crippen molar-refractivity contribution in [2.45, 2.75) is 0 Å². The molecule has 7 nitrogen and oxygen atoms in total. The number of carboxylic acids is 1. The molecule has 0 amide bonds. The summed E-state index contributed by atoms with van der Waals surface area (Å²) in [5, 5.41) is 27.8. The lowest BCUT2D eigenvalue weighted by atomic mass is 10.1. The first-order chi connectivity index (χ1) is 8.54. The summed E-state index contributed by atoms with van der Waals surface area (Å²) in [7, 11) is 0. The van der Waals surface area contributed by atoms with E-state index in [1.54, 1.807) is 0 Å². The van der Waals surface area contributed by atoms with Crippen LogP contribution in [0, 0.1) is 10.1 Å². The lowest BCUT2D eigenvalue weighted by molar-refractivity contribution is -0.384. The van der Waals surface area contributed by atoms with E-state index in [0.717, 1.165) is 6.08 Å². The maximum Gasteiger partial charge on any atom is 0.328 e. The summed E-state index contributed by atoms with van der Waals surface area (Å²) in [4.78, 5) is 20.4. The molecule has 0 unspecified atom stereocenters. The van der Waals surface area contributed by atoms with Gasteiger partial charge in [-0.25, -0.2) is 4.79 Å². The Labute approximate surface area is 102 Å². The monoisotopic (exact) mass is 253 g/mol. The fourth-order valence-corrected chi connectivity index (χ4v) is 1.23. The fraction of sp³-hybridized carbons (Fsp3) is 0.182. The number of hydrogen-bond acceptors (Lipinski definition) is 5. The average molecular weight is 253 g/mol. The second kappa shape index (κ2) is 6.36. The molecule has 0 atom stereocenters. The van der Waals surface area contributed by atoms with E-state index in [-0.39, 0.29) is 30.2 Å². The smallest absolute Gasteiger partial charge is 0.328 e. The van der Waals surface area contributed by atoms with Crippen LogP contribution in [0.4, 0.5) is 5.69 Å². The van der Waals surface area contributed by atoms with Crippen molar-refractivity contribution < 1.29 is 24.7 Å². The first-order valence-corrected chi connectivity index (χ1v) is 4.97. The molecule has 96 valence electrons. The number of aliphatic carboxylic acids is 1. The Morgan fingerprint density at radius 1 is 1.50 bits per heavy atom. The van der Waals surface area contributed by atoms with E-state index in [4.69, 9.17) is 14.9 Å². The number of rotatable bonds is 6. The predicted molar refractivity (Wildman–Crippen MR) is 62.3 cm³/mol. The van der Waals surface area contributed by atoms with Crippen molar-refractivity contribution >= 4 is 17.7 Å². The van der Waals surface area contributed by atoms with Gasteiger partial charge in [-0.1, -0.05) is 0 Å². The molecule has 0 saturated carbocycles. The highest BCUT2D eigenvalue weighted by Gasteiger charge is 2.10. The summed E-state index contributed by atoms with van der Waals surface area (Å²) < 4.78 is 5.14. The van der Waals surface area contributed by atoms with Crippen molar-refractivity contribution in [3.05, 3.63) is 40.0 Å². The van der Waals surface area contributed by atoms with Crippen LogP contribution in [0.25, 0.3) is 6.08 Å². The van der Waals surface area contributed by atoms with E-state index in [1.165, 1.54) is 24.3 Å². The van der Waals surface area contributed by atoms with E-state index < -0.39 is 10.9 Å². The number of aliphatic hydroxyl groups excluding tert-OH is 1. The van der Waals surface area contributed by atoms with Crippen LogP contribution >= 0.6 is 0 Å². The van der Waals surface area contributed by atoms with Gasteiger partial charge in [-0.15, -0.1) is 0 Å². The number of aliphatic hydroxyl groups is 1. The van der Waals surface area contributed by atoms with Gasteiger partial charge in [0.1, 0.15) is 12.4 Å². The van der Waals surface area contributed by atoms with Crippen LogP contribution in [0.5, 0.6) is 5.75 Å². The molecule has 0 saturated heterocycles. The molecule has 0 radical (unpaired) electrons. The molecule has 0 aromatic heterocycles. The molecule has 0 bridgehead atoms. The van der Waals surface area contributed by atoms with Crippen LogP contribution in [0.15, 0.2) is 24.3 Å². The molecule has 1 rings (SSSR count). The molecule has 0 aliphatic heterocycles. The molecule has 0 fully saturated rings. The van der Waals surface area contributed by atoms with E-state index in [9.17, 15) is 14.9 Å². The number of nitro groups is 1. The summed E-state index contributed by atoms with van der Waals surface area (Å²) in [6.45, 7) is -0.190. The van der Waals surface area contributed by atoms with Crippen molar-refractivity contribution in [1.29, 1.82) is 0 Å². The van der Waals surface area contributed by atoms with Gasteiger partial charge in [0.05, 0.1) is 11.5 Å². The summed E-state index contributed by atoms with van der Waals surface area (Å²) in [5.41, 5.74) is 0.0939. The lowest BCUT2D eigenvalue weighted by Gasteiger charge is -2.07. The second-order valence-electron chi connectivity index (χ2n) is 3.22. The van der Waals surface area contributed by atoms with Crippen LogP contribution < -0.4 is 4.74 Å². The van der Waals surface area contributed by atoms with Gasteiger partial charge >= 0.3 is 5.97 Å². The van der Waals surface area contributed by atoms with Crippen LogP contribution in [0.3, 0.4) is 0 Å². The van der Waals surface area contributed by atoms with Crippen LogP contribution in [0.1, 0.15) is 5.56 Å². The number of nitro benzene ring substituents is 1. The fourth-order valence-electron chi connectivity index (χ4n) is 1.23. The Kier molecular flexibility index (Phi) is 4.82. The van der Waals surface area contributed by atoms with Gasteiger partial charge in [-0.2, -0.15) is 0 Å². The third kappa shape index (κ3) is 3.87. The molecule has 0 aliphatic carbocycles. The highest BCUT2D eigenvalue weighted by Crippen LogP contribution is 2.25. The van der Waals surface area contributed by atoms with Gasteiger partial charge in [-0.05, 0) is 12.1 Å². The number of hydrogen-bond donors (Lipinski definition) is 2. The molecule has 18 heavy (non-hydrogen) atoms. The third-order valence-electron chi connectivity index (χ3n) is 1.96. The summed E-state index contributed by atoms with van der Waals surface area (Å²) in [6, 6.07) is 3.80. The van der Waals surface area contributed by atoms with E-state index in [1.807, 2.05) is 0 Å². The SMILES string of the molecule is O=C(O)C=Cc1cc([N+](=O)[O-])ccc1OCCO. The number of benzene rings is 1. The predicted octanol–water partition coefficient (Wildman–Crippen LogP) is 1.06. The van der Waals surface area contributed by atoms with Gasteiger partial charge in [0.15, 0.2) is 0 Å². The molecular weight excluding hydrogens is 242 g/mol. The van der Waals surface area contributed by atoms with Crippen LogP contribution in [0.2, 0.25) is 0 Å². The Balaban J connectivity index is 3.09. The number of carbonyl (C=O) groups is 1. The molecule has 0 heterocycles. The number of ether oxygens (including phenoxy) is 1. The Morgan fingerprint density at radius 2 is 2.22 bits per heavy atom. The van der Waals surface area contributed by atoms with Gasteiger partial charge in [-0.3, -0.25) is 10.1 Å². The quantitative estimate of drug-likeness (QED) is 0.445. The molecule has 2 N–H and O–H groups in total. The average Bonchev–Trinajstić information content (AvgIpc) is 2.33. The van der Waals surface area contributed by atoms with E-state index in [2.05, 4.69) is 0 Å². The summed E-state index contributed by atoms with van der Waals surface area (Å²) in [6.07, 6.45) is 2.05. The second-order valence-corrected chi connectivity index (χ2v) is 3.22. The first kappa shape index (κ1) is 13.7. The van der Waals surface area contributed by atoms with Gasteiger partial charge in [0.25, 0.3) is 5.69 Å². The Morgan fingerprint density at radius 3 is 2.78 bits per heavy atom. The normalized spacial score (nSPS) is 10.5. The van der Waals surface area contributed by atoms with Gasteiger partial charge in [0, 0.05) is 23.8 Å².